The van der Waals surface area contributed by atoms with Gasteiger partial charge in [0, 0.05) is 5.56 Å². The molecule has 0 aromatic heterocycles. The van der Waals surface area contributed by atoms with Gasteiger partial charge in [-0.15, -0.1) is 0 Å². The number of carbonyl (C=O) groups excluding carboxylic acids is 1. The summed E-state index contributed by atoms with van der Waals surface area (Å²) in [4.78, 5) is 11.5. The number of thiocarbonyl (C=S) groups is 1. The Labute approximate surface area is 110 Å². The fourth-order valence-corrected chi connectivity index (χ4v) is 1.87. The summed E-state index contributed by atoms with van der Waals surface area (Å²) in [6.07, 6.45) is 1.66. The molecule has 1 aliphatic heterocycles. The minimum absolute atomic E-state index is 0.259. The number of hydrogen-bond acceptors (Lipinski definition) is 4. The van der Waals surface area contributed by atoms with Gasteiger partial charge < -0.3 is 14.8 Å². The van der Waals surface area contributed by atoms with Crippen LogP contribution in [0.2, 0.25) is 0 Å². The molecule has 94 valence electrons. The Morgan fingerprint density at radius 2 is 2.00 bits per heavy atom. The number of nitrogens with one attached hydrogen (secondary N) is 2. The largest absolute Gasteiger partial charge is 0.493 e. The van der Waals surface area contributed by atoms with Gasteiger partial charge in [-0.3, -0.25) is 10.1 Å². The summed E-state index contributed by atoms with van der Waals surface area (Å²) in [7, 11) is 3.11. The van der Waals surface area contributed by atoms with Crippen LogP contribution < -0.4 is 20.1 Å². The van der Waals surface area contributed by atoms with E-state index in [0.29, 0.717) is 22.3 Å². The summed E-state index contributed by atoms with van der Waals surface area (Å²) in [5.41, 5.74) is 1.12. The molecule has 2 N–H and O–H groups in total. The standard InChI is InChI=1S/C12H12N2O3S/c1-16-9-5-3-4-7(10(9)17-2)6-8-11(15)14-12(18)13-8/h3-6H,1-2H3,(H2,13,14,15,18). The molecule has 1 aliphatic rings. The lowest BCUT2D eigenvalue weighted by Crippen LogP contribution is -2.21. The van der Waals surface area contributed by atoms with Crippen LogP contribution in [0.15, 0.2) is 23.9 Å². The van der Waals surface area contributed by atoms with E-state index < -0.39 is 0 Å². The monoisotopic (exact) mass is 264 g/mol. The Morgan fingerprint density at radius 1 is 1.22 bits per heavy atom. The molecule has 5 nitrogen and oxygen atoms in total. The molecule has 1 fully saturated rings. The van der Waals surface area contributed by atoms with E-state index in [0.717, 1.165) is 5.56 Å². The Balaban J connectivity index is 2.43. The van der Waals surface area contributed by atoms with Crippen LogP contribution in [0.4, 0.5) is 0 Å². The second-order valence-corrected chi connectivity index (χ2v) is 3.96. The summed E-state index contributed by atoms with van der Waals surface area (Å²) in [6, 6.07) is 5.43. The van der Waals surface area contributed by atoms with Gasteiger partial charge in [0.25, 0.3) is 5.91 Å². The maximum Gasteiger partial charge on any atom is 0.273 e. The van der Waals surface area contributed by atoms with Gasteiger partial charge in [0.05, 0.1) is 14.2 Å². The van der Waals surface area contributed by atoms with E-state index in [2.05, 4.69) is 10.6 Å². The molecule has 2 rings (SSSR count). The summed E-state index contributed by atoms with van der Waals surface area (Å²) in [5.74, 6) is 0.914. The molecule has 1 aromatic carbocycles. The van der Waals surface area contributed by atoms with Crippen LogP contribution in [0.5, 0.6) is 11.5 Å². The Bertz CT molecular complexity index is 540. The fourth-order valence-electron chi connectivity index (χ4n) is 1.66. The van der Waals surface area contributed by atoms with Crippen LogP contribution in [-0.2, 0) is 4.79 Å². The summed E-state index contributed by atoms with van der Waals surface area (Å²) < 4.78 is 10.5. The van der Waals surface area contributed by atoms with Crippen molar-refractivity contribution < 1.29 is 14.3 Å². The van der Waals surface area contributed by atoms with Crippen molar-refractivity contribution in [1.29, 1.82) is 0 Å². The van der Waals surface area contributed by atoms with Gasteiger partial charge in [0.15, 0.2) is 16.6 Å². The van der Waals surface area contributed by atoms with Gasteiger partial charge in [-0.05, 0) is 24.4 Å². The third-order valence-corrected chi connectivity index (χ3v) is 2.66. The highest BCUT2D eigenvalue weighted by Gasteiger charge is 2.21. The first-order valence-electron chi connectivity index (χ1n) is 5.20. The maximum absolute atomic E-state index is 11.5. The molecule has 1 aromatic rings. The third-order valence-electron chi connectivity index (χ3n) is 2.45. The van der Waals surface area contributed by atoms with Crippen molar-refractivity contribution in [1.82, 2.24) is 10.6 Å². The molecular weight excluding hydrogens is 252 g/mol. The SMILES string of the molecule is COc1cccc(C=C2NC(=S)NC2=O)c1OC. The molecule has 0 aliphatic carbocycles. The Morgan fingerprint density at radius 3 is 2.56 bits per heavy atom. The first-order chi connectivity index (χ1) is 8.65. The maximum atomic E-state index is 11.5. The molecule has 6 heteroatoms. The quantitative estimate of drug-likeness (QED) is 0.631. The molecule has 0 spiro atoms. The van der Waals surface area contributed by atoms with E-state index in [1.165, 1.54) is 0 Å². The number of carbonyl (C=O) groups is 1. The zero-order chi connectivity index (χ0) is 13.1. The van der Waals surface area contributed by atoms with Crippen LogP contribution in [0.1, 0.15) is 5.56 Å². The summed E-state index contributed by atoms with van der Waals surface area (Å²) >= 11 is 4.86. The highest BCUT2D eigenvalue weighted by atomic mass is 32.1. The molecule has 18 heavy (non-hydrogen) atoms. The number of rotatable bonds is 3. The van der Waals surface area contributed by atoms with E-state index in [4.69, 9.17) is 21.7 Å². The molecular formula is C12H12N2O3S. The second kappa shape index (κ2) is 5.05. The number of ether oxygens (including phenoxy) is 2. The lowest BCUT2D eigenvalue weighted by molar-refractivity contribution is -0.115. The number of hydrogen-bond donors (Lipinski definition) is 2. The highest BCUT2D eigenvalue weighted by Crippen LogP contribution is 2.32. The minimum atomic E-state index is -0.259. The lowest BCUT2D eigenvalue weighted by Gasteiger charge is -2.10. The molecule has 0 atom stereocenters. The number of methoxy groups -OCH3 is 2. The van der Waals surface area contributed by atoms with Gasteiger partial charge in [-0.1, -0.05) is 12.1 Å². The Hall–Kier alpha value is -2.08. The number of amides is 1. The van der Waals surface area contributed by atoms with Crippen LogP contribution in [0, 0.1) is 0 Å². The van der Waals surface area contributed by atoms with Crippen LogP contribution in [0.25, 0.3) is 6.08 Å². The molecule has 0 radical (unpaired) electrons. The smallest absolute Gasteiger partial charge is 0.273 e. The average Bonchev–Trinajstić information content (AvgIpc) is 2.67. The van der Waals surface area contributed by atoms with Gasteiger partial charge in [0.1, 0.15) is 5.70 Å². The van der Waals surface area contributed by atoms with Crippen molar-refractivity contribution in [3.05, 3.63) is 29.5 Å². The predicted octanol–water partition coefficient (Wildman–Crippen LogP) is 1.05. The van der Waals surface area contributed by atoms with Crippen molar-refractivity contribution >= 4 is 29.3 Å². The van der Waals surface area contributed by atoms with Crippen molar-refractivity contribution in [2.45, 2.75) is 0 Å². The van der Waals surface area contributed by atoms with Gasteiger partial charge >= 0.3 is 0 Å². The van der Waals surface area contributed by atoms with Gasteiger partial charge in [-0.2, -0.15) is 0 Å². The van der Waals surface area contributed by atoms with Crippen molar-refractivity contribution in [2.24, 2.45) is 0 Å². The van der Waals surface area contributed by atoms with Crippen molar-refractivity contribution in [2.75, 3.05) is 14.2 Å². The molecule has 1 saturated heterocycles. The van der Waals surface area contributed by atoms with E-state index in [1.807, 2.05) is 12.1 Å². The normalized spacial score (nSPS) is 16.4. The predicted molar refractivity (Wildman–Crippen MR) is 71.4 cm³/mol. The summed E-state index contributed by atoms with van der Waals surface area (Å²) in [6.45, 7) is 0. The summed E-state index contributed by atoms with van der Waals surface area (Å²) in [5, 5.41) is 5.57. The van der Waals surface area contributed by atoms with E-state index in [9.17, 15) is 4.79 Å². The van der Waals surface area contributed by atoms with E-state index in [1.54, 1.807) is 26.4 Å². The number of benzene rings is 1. The lowest BCUT2D eigenvalue weighted by atomic mass is 10.1. The molecule has 1 amide bonds. The van der Waals surface area contributed by atoms with Crippen molar-refractivity contribution in [3.63, 3.8) is 0 Å². The highest BCUT2D eigenvalue weighted by molar-refractivity contribution is 7.80. The van der Waals surface area contributed by atoms with Gasteiger partial charge in [0.2, 0.25) is 0 Å². The zero-order valence-electron chi connectivity index (χ0n) is 9.94. The molecule has 0 bridgehead atoms. The van der Waals surface area contributed by atoms with Crippen LogP contribution >= 0.6 is 12.2 Å². The Kier molecular flexibility index (Phi) is 3.47. The average molecular weight is 264 g/mol. The minimum Gasteiger partial charge on any atom is -0.493 e. The topological polar surface area (TPSA) is 59.6 Å². The van der Waals surface area contributed by atoms with E-state index >= 15 is 0 Å². The first-order valence-corrected chi connectivity index (χ1v) is 5.61. The zero-order valence-corrected chi connectivity index (χ0v) is 10.8. The second-order valence-electron chi connectivity index (χ2n) is 3.55. The molecule has 0 unspecified atom stereocenters. The molecule has 0 saturated carbocycles. The fraction of sp³-hybridized carbons (Fsp3) is 0.167. The van der Waals surface area contributed by atoms with E-state index in [-0.39, 0.29) is 5.91 Å². The van der Waals surface area contributed by atoms with Crippen LogP contribution in [0.3, 0.4) is 0 Å². The molecule has 1 heterocycles. The first kappa shape index (κ1) is 12.4. The third kappa shape index (κ3) is 2.28. The van der Waals surface area contributed by atoms with Crippen LogP contribution in [-0.4, -0.2) is 25.2 Å². The number of para-hydroxylation sites is 1. The van der Waals surface area contributed by atoms with Gasteiger partial charge in [-0.25, -0.2) is 0 Å². The van der Waals surface area contributed by atoms with Crippen molar-refractivity contribution in [3.8, 4) is 11.5 Å².